The van der Waals surface area contributed by atoms with Crippen molar-refractivity contribution < 1.29 is 14.3 Å². The SMILES string of the molecule is Cc1ccc(-n2ccnc2N2CCN(CC(=O)Nc3ccc4c(c3)OCCO4)CC2)cc1. The van der Waals surface area contributed by atoms with Gasteiger partial charge < -0.3 is 19.7 Å². The molecular weight excluding hydrogens is 406 g/mol. The molecule has 2 aliphatic heterocycles. The van der Waals surface area contributed by atoms with Crippen LogP contribution in [0.1, 0.15) is 5.56 Å². The van der Waals surface area contributed by atoms with Crippen LogP contribution in [0.4, 0.5) is 11.6 Å². The van der Waals surface area contributed by atoms with Crippen molar-refractivity contribution in [1.82, 2.24) is 14.5 Å². The molecule has 32 heavy (non-hydrogen) atoms. The summed E-state index contributed by atoms with van der Waals surface area (Å²) >= 11 is 0. The Labute approximate surface area is 187 Å². The van der Waals surface area contributed by atoms with Gasteiger partial charge in [0.05, 0.1) is 6.54 Å². The third kappa shape index (κ3) is 4.40. The maximum Gasteiger partial charge on any atom is 0.238 e. The Kier molecular flexibility index (Phi) is 5.68. The minimum Gasteiger partial charge on any atom is -0.486 e. The van der Waals surface area contributed by atoms with E-state index in [1.54, 1.807) is 0 Å². The highest BCUT2D eigenvalue weighted by Gasteiger charge is 2.22. The highest BCUT2D eigenvalue weighted by atomic mass is 16.6. The number of carbonyl (C=O) groups is 1. The fourth-order valence-corrected chi connectivity index (χ4v) is 4.07. The van der Waals surface area contributed by atoms with E-state index in [0.717, 1.165) is 49.3 Å². The van der Waals surface area contributed by atoms with Gasteiger partial charge >= 0.3 is 0 Å². The van der Waals surface area contributed by atoms with Gasteiger partial charge in [-0.1, -0.05) is 17.7 Å². The van der Waals surface area contributed by atoms with Crippen LogP contribution in [0.2, 0.25) is 0 Å². The summed E-state index contributed by atoms with van der Waals surface area (Å²) in [5.74, 6) is 2.30. The van der Waals surface area contributed by atoms with Gasteiger partial charge in [0.15, 0.2) is 11.5 Å². The minimum atomic E-state index is -0.0312. The van der Waals surface area contributed by atoms with Gasteiger partial charge in [0.1, 0.15) is 13.2 Å². The lowest BCUT2D eigenvalue weighted by molar-refractivity contribution is -0.117. The largest absolute Gasteiger partial charge is 0.486 e. The van der Waals surface area contributed by atoms with E-state index in [9.17, 15) is 4.79 Å². The van der Waals surface area contributed by atoms with Gasteiger partial charge in [0, 0.05) is 56.0 Å². The molecule has 1 fully saturated rings. The van der Waals surface area contributed by atoms with Crippen LogP contribution in [0.5, 0.6) is 11.5 Å². The number of anilines is 2. The van der Waals surface area contributed by atoms with Crippen molar-refractivity contribution >= 4 is 17.5 Å². The molecule has 0 aliphatic carbocycles. The molecule has 1 aromatic heterocycles. The molecule has 0 atom stereocenters. The first kappa shape index (κ1) is 20.4. The van der Waals surface area contributed by atoms with E-state index in [4.69, 9.17) is 9.47 Å². The van der Waals surface area contributed by atoms with E-state index in [1.807, 2.05) is 30.6 Å². The second-order valence-corrected chi connectivity index (χ2v) is 8.10. The second-order valence-electron chi connectivity index (χ2n) is 8.10. The van der Waals surface area contributed by atoms with Gasteiger partial charge in [-0.05, 0) is 31.2 Å². The molecule has 0 bridgehead atoms. The third-order valence-electron chi connectivity index (χ3n) is 5.78. The van der Waals surface area contributed by atoms with Crippen molar-refractivity contribution in [1.29, 1.82) is 0 Å². The average Bonchev–Trinajstić information content (AvgIpc) is 3.30. The van der Waals surface area contributed by atoms with Crippen LogP contribution in [-0.2, 0) is 4.79 Å². The molecule has 5 rings (SSSR count). The predicted molar refractivity (Wildman–Crippen MR) is 123 cm³/mol. The lowest BCUT2D eigenvalue weighted by atomic mass is 10.2. The van der Waals surface area contributed by atoms with Crippen LogP contribution < -0.4 is 19.7 Å². The van der Waals surface area contributed by atoms with Crippen molar-refractivity contribution in [2.45, 2.75) is 6.92 Å². The van der Waals surface area contributed by atoms with E-state index in [0.29, 0.717) is 25.5 Å². The molecule has 3 aromatic rings. The topological polar surface area (TPSA) is 71.9 Å². The Bertz CT molecular complexity index is 1090. The maximum absolute atomic E-state index is 12.6. The summed E-state index contributed by atoms with van der Waals surface area (Å²) in [5.41, 5.74) is 3.06. The van der Waals surface area contributed by atoms with Gasteiger partial charge in [-0.15, -0.1) is 0 Å². The van der Waals surface area contributed by atoms with Gasteiger partial charge in [0.2, 0.25) is 11.9 Å². The predicted octanol–water partition coefficient (Wildman–Crippen LogP) is 2.71. The molecule has 1 N–H and O–H groups in total. The van der Waals surface area contributed by atoms with Crippen LogP contribution in [0.25, 0.3) is 5.69 Å². The number of amides is 1. The molecule has 8 nitrogen and oxygen atoms in total. The standard InChI is InChI=1S/C24H27N5O3/c1-18-2-5-20(6-3-18)29-9-8-25-24(29)28-12-10-27(11-13-28)17-23(30)26-19-4-7-21-22(16-19)32-15-14-31-21/h2-9,16H,10-15,17H2,1H3,(H,26,30). The van der Waals surface area contributed by atoms with Crippen molar-refractivity contribution in [2.24, 2.45) is 0 Å². The van der Waals surface area contributed by atoms with Crippen LogP contribution in [-0.4, -0.2) is 66.3 Å². The molecule has 1 amide bonds. The fourth-order valence-electron chi connectivity index (χ4n) is 4.07. The molecule has 3 heterocycles. The Hall–Kier alpha value is -3.52. The van der Waals surface area contributed by atoms with Crippen molar-refractivity contribution in [3.05, 3.63) is 60.4 Å². The summed E-state index contributed by atoms with van der Waals surface area (Å²) < 4.78 is 13.2. The van der Waals surface area contributed by atoms with Crippen molar-refractivity contribution in [3.8, 4) is 17.2 Å². The molecule has 2 aliphatic rings. The van der Waals surface area contributed by atoms with E-state index in [-0.39, 0.29) is 5.91 Å². The number of imidazole rings is 1. The zero-order chi connectivity index (χ0) is 21.9. The first-order valence-corrected chi connectivity index (χ1v) is 10.9. The molecule has 2 aromatic carbocycles. The maximum atomic E-state index is 12.6. The van der Waals surface area contributed by atoms with Crippen molar-refractivity contribution in [2.75, 3.05) is 56.2 Å². The number of rotatable bonds is 5. The molecular formula is C24H27N5O3. The molecule has 0 radical (unpaired) electrons. The molecule has 8 heteroatoms. The van der Waals surface area contributed by atoms with Crippen molar-refractivity contribution in [3.63, 3.8) is 0 Å². The summed E-state index contributed by atoms with van der Waals surface area (Å²) in [7, 11) is 0. The highest BCUT2D eigenvalue weighted by Crippen LogP contribution is 2.32. The third-order valence-corrected chi connectivity index (χ3v) is 5.78. The Morgan fingerprint density at radius 3 is 2.53 bits per heavy atom. The minimum absolute atomic E-state index is 0.0312. The van der Waals surface area contributed by atoms with E-state index < -0.39 is 0 Å². The smallest absolute Gasteiger partial charge is 0.238 e. The lowest BCUT2D eigenvalue weighted by Crippen LogP contribution is -2.49. The number of aryl methyl sites for hydroxylation is 1. The number of piperazine rings is 1. The number of fused-ring (bicyclic) bond motifs is 1. The van der Waals surface area contributed by atoms with Crippen LogP contribution in [0.3, 0.4) is 0 Å². The van der Waals surface area contributed by atoms with Crippen LogP contribution in [0.15, 0.2) is 54.9 Å². The molecule has 0 spiro atoms. The quantitative estimate of drug-likeness (QED) is 0.667. The van der Waals surface area contributed by atoms with Gasteiger partial charge in [-0.2, -0.15) is 0 Å². The average molecular weight is 434 g/mol. The number of hydrogen-bond acceptors (Lipinski definition) is 6. The normalized spacial score (nSPS) is 16.1. The fraction of sp³-hybridized carbons (Fsp3) is 0.333. The van der Waals surface area contributed by atoms with Gasteiger partial charge in [-0.3, -0.25) is 14.3 Å². The zero-order valence-electron chi connectivity index (χ0n) is 18.2. The highest BCUT2D eigenvalue weighted by molar-refractivity contribution is 5.92. The Balaban J connectivity index is 1.16. The Morgan fingerprint density at radius 1 is 1.00 bits per heavy atom. The zero-order valence-corrected chi connectivity index (χ0v) is 18.2. The first-order valence-electron chi connectivity index (χ1n) is 10.9. The number of nitrogens with one attached hydrogen (secondary N) is 1. The van der Waals surface area contributed by atoms with E-state index >= 15 is 0 Å². The summed E-state index contributed by atoms with van der Waals surface area (Å²) in [5, 5.41) is 2.97. The van der Waals surface area contributed by atoms with Gasteiger partial charge in [0.25, 0.3) is 0 Å². The number of ether oxygens (including phenoxy) is 2. The summed E-state index contributed by atoms with van der Waals surface area (Å²) in [6.07, 6.45) is 3.83. The van der Waals surface area contributed by atoms with Crippen LogP contribution in [0, 0.1) is 6.92 Å². The molecule has 0 saturated carbocycles. The monoisotopic (exact) mass is 433 g/mol. The number of hydrogen-bond donors (Lipinski definition) is 1. The second kappa shape index (κ2) is 8.92. The summed E-state index contributed by atoms with van der Waals surface area (Å²) in [6.45, 7) is 6.76. The number of aromatic nitrogens is 2. The number of benzene rings is 2. The van der Waals surface area contributed by atoms with Crippen LogP contribution >= 0.6 is 0 Å². The Morgan fingerprint density at radius 2 is 1.75 bits per heavy atom. The summed E-state index contributed by atoms with van der Waals surface area (Å²) in [6, 6.07) is 13.9. The first-order chi connectivity index (χ1) is 15.7. The molecule has 1 saturated heterocycles. The van der Waals surface area contributed by atoms with E-state index in [2.05, 4.69) is 55.9 Å². The van der Waals surface area contributed by atoms with E-state index in [1.165, 1.54) is 5.56 Å². The number of nitrogens with zero attached hydrogens (tertiary/aromatic N) is 4. The number of carbonyl (C=O) groups excluding carboxylic acids is 1. The summed E-state index contributed by atoms with van der Waals surface area (Å²) in [4.78, 5) is 21.6. The molecule has 0 unspecified atom stereocenters. The molecule has 166 valence electrons. The lowest BCUT2D eigenvalue weighted by Gasteiger charge is -2.35. The van der Waals surface area contributed by atoms with Gasteiger partial charge in [-0.25, -0.2) is 4.98 Å².